The van der Waals surface area contributed by atoms with Gasteiger partial charge in [0.2, 0.25) is 5.91 Å². The molecule has 1 unspecified atom stereocenters. The third-order valence-corrected chi connectivity index (χ3v) is 4.64. The van der Waals surface area contributed by atoms with Crippen LogP contribution in [0.25, 0.3) is 0 Å². The quantitative estimate of drug-likeness (QED) is 0.759. The Morgan fingerprint density at radius 1 is 1.15 bits per heavy atom. The van der Waals surface area contributed by atoms with Crippen molar-refractivity contribution < 1.29 is 19.1 Å². The van der Waals surface area contributed by atoms with Gasteiger partial charge in [-0.15, -0.1) is 0 Å². The van der Waals surface area contributed by atoms with E-state index in [1.807, 2.05) is 44.2 Å². The van der Waals surface area contributed by atoms with Crippen LogP contribution in [0.4, 0.5) is 5.69 Å². The number of rotatable bonds is 7. The molecule has 6 heteroatoms. The second-order valence-electron chi connectivity index (χ2n) is 7.02. The summed E-state index contributed by atoms with van der Waals surface area (Å²) in [6, 6.07) is 8.55. The number of carbonyl (C=O) groups excluding carboxylic acids is 3. The Labute approximate surface area is 154 Å². The van der Waals surface area contributed by atoms with Crippen LogP contribution in [0, 0.1) is 5.92 Å². The molecule has 1 aromatic rings. The fourth-order valence-electron chi connectivity index (χ4n) is 3.49. The molecular formula is C20H28N2O4. The van der Waals surface area contributed by atoms with Gasteiger partial charge in [-0.05, 0) is 44.7 Å². The highest BCUT2D eigenvalue weighted by Gasteiger charge is 2.33. The van der Waals surface area contributed by atoms with Crippen LogP contribution in [-0.2, 0) is 19.1 Å². The summed E-state index contributed by atoms with van der Waals surface area (Å²) in [5, 5.41) is 2.69. The first-order valence-corrected chi connectivity index (χ1v) is 9.21. The highest BCUT2D eigenvalue weighted by molar-refractivity contribution is 5.96. The van der Waals surface area contributed by atoms with Crippen molar-refractivity contribution in [2.75, 3.05) is 11.5 Å². The molecule has 1 N–H and O–H groups in total. The normalized spacial score (nSPS) is 15.5. The van der Waals surface area contributed by atoms with E-state index in [2.05, 4.69) is 5.32 Å². The Balaban J connectivity index is 2.01. The molecule has 1 aromatic carbocycles. The molecule has 6 nitrogen and oxygen atoms in total. The summed E-state index contributed by atoms with van der Waals surface area (Å²) in [7, 11) is 0. The first-order chi connectivity index (χ1) is 12.4. The fourth-order valence-corrected chi connectivity index (χ4v) is 3.49. The van der Waals surface area contributed by atoms with E-state index in [1.165, 1.54) is 6.92 Å². The maximum atomic E-state index is 12.6. The van der Waals surface area contributed by atoms with Crippen LogP contribution in [-0.4, -0.2) is 36.5 Å². The van der Waals surface area contributed by atoms with Crippen molar-refractivity contribution in [3.63, 3.8) is 0 Å². The van der Waals surface area contributed by atoms with Gasteiger partial charge < -0.3 is 15.0 Å². The van der Waals surface area contributed by atoms with Crippen LogP contribution in [0.2, 0.25) is 0 Å². The van der Waals surface area contributed by atoms with Crippen molar-refractivity contribution in [3.8, 4) is 0 Å². The zero-order chi connectivity index (χ0) is 19.1. The molecule has 2 amide bonds. The second-order valence-corrected chi connectivity index (χ2v) is 7.02. The summed E-state index contributed by atoms with van der Waals surface area (Å²) < 4.78 is 5.29. The summed E-state index contributed by atoms with van der Waals surface area (Å²) in [5.74, 6) is -1.00. The van der Waals surface area contributed by atoms with Crippen molar-refractivity contribution in [2.45, 2.75) is 58.5 Å². The Bertz CT molecular complexity index is 624. The number of nitrogens with zero attached hydrogens (tertiary/aromatic N) is 1. The Hall–Kier alpha value is -2.37. The number of amides is 2. The van der Waals surface area contributed by atoms with Crippen LogP contribution >= 0.6 is 0 Å². The summed E-state index contributed by atoms with van der Waals surface area (Å²) in [4.78, 5) is 38.2. The van der Waals surface area contributed by atoms with Gasteiger partial charge in [0, 0.05) is 18.7 Å². The third-order valence-electron chi connectivity index (χ3n) is 4.64. The largest absolute Gasteiger partial charge is 0.454 e. The van der Waals surface area contributed by atoms with Gasteiger partial charge in [0.15, 0.2) is 6.61 Å². The minimum absolute atomic E-state index is 0.0652. The van der Waals surface area contributed by atoms with Crippen LogP contribution in [0.15, 0.2) is 30.3 Å². The number of hydrogen-bond donors (Lipinski definition) is 1. The van der Waals surface area contributed by atoms with E-state index < -0.39 is 12.0 Å². The molecular weight excluding hydrogens is 332 g/mol. The van der Waals surface area contributed by atoms with E-state index in [0.29, 0.717) is 0 Å². The Morgan fingerprint density at radius 2 is 1.77 bits per heavy atom. The van der Waals surface area contributed by atoms with E-state index in [4.69, 9.17) is 4.74 Å². The highest BCUT2D eigenvalue weighted by atomic mass is 16.5. The van der Waals surface area contributed by atoms with Crippen molar-refractivity contribution in [1.29, 1.82) is 0 Å². The van der Waals surface area contributed by atoms with Crippen LogP contribution in [0.1, 0.15) is 46.5 Å². The van der Waals surface area contributed by atoms with Gasteiger partial charge in [-0.1, -0.05) is 31.0 Å². The second kappa shape index (κ2) is 9.36. The molecule has 2 rings (SSSR count). The predicted octanol–water partition coefficient (Wildman–Crippen LogP) is 2.67. The third kappa shape index (κ3) is 5.31. The van der Waals surface area contributed by atoms with Crippen molar-refractivity contribution in [1.82, 2.24) is 5.32 Å². The summed E-state index contributed by atoms with van der Waals surface area (Å²) in [6.45, 7) is 4.86. The van der Waals surface area contributed by atoms with E-state index in [1.54, 1.807) is 4.90 Å². The zero-order valence-corrected chi connectivity index (χ0v) is 15.7. The number of carbonyl (C=O) groups is 3. The summed E-state index contributed by atoms with van der Waals surface area (Å²) >= 11 is 0. The molecule has 0 saturated heterocycles. The van der Waals surface area contributed by atoms with Gasteiger partial charge in [0.25, 0.3) is 5.91 Å². The van der Waals surface area contributed by atoms with Gasteiger partial charge in [-0.2, -0.15) is 0 Å². The molecule has 1 atom stereocenters. The smallest absolute Gasteiger partial charge is 0.329 e. The fraction of sp³-hybridized carbons (Fsp3) is 0.550. The molecule has 1 aliphatic carbocycles. The molecule has 0 bridgehead atoms. The molecule has 142 valence electrons. The molecule has 0 aliphatic heterocycles. The van der Waals surface area contributed by atoms with Gasteiger partial charge >= 0.3 is 5.97 Å². The maximum Gasteiger partial charge on any atom is 0.329 e. The average Bonchev–Trinajstić information content (AvgIpc) is 3.12. The van der Waals surface area contributed by atoms with Gasteiger partial charge in [-0.3, -0.25) is 9.59 Å². The number of nitrogens with one attached hydrogen (secondary N) is 1. The average molecular weight is 360 g/mol. The number of para-hydroxylation sites is 1. The SMILES string of the molecule is CC(=O)NC(C(=O)OCC(=O)N(c1ccccc1)C(C)C)C1CCCC1. The molecule has 0 spiro atoms. The molecule has 0 radical (unpaired) electrons. The number of ether oxygens (including phenoxy) is 1. The lowest BCUT2D eigenvalue weighted by molar-refractivity contribution is -0.152. The zero-order valence-electron chi connectivity index (χ0n) is 15.7. The minimum Gasteiger partial charge on any atom is -0.454 e. The van der Waals surface area contributed by atoms with Crippen LogP contribution < -0.4 is 10.2 Å². The predicted molar refractivity (Wildman–Crippen MR) is 99.6 cm³/mol. The summed E-state index contributed by atoms with van der Waals surface area (Å²) in [5.41, 5.74) is 0.762. The molecule has 0 heterocycles. The Morgan fingerprint density at radius 3 is 2.31 bits per heavy atom. The first-order valence-electron chi connectivity index (χ1n) is 9.21. The Kier molecular flexibility index (Phi) is 7.18. The van der Waals surface area contributed by atoms with Crippen LogP contribution in [0.5, 0.6) is 0 Å². The highest BCUT2D eigenvalue weighted by Crippen LogP contribution is 2.28. The minimum atomic E-state index is -0.674. The summed E-state index contributed by atoms with van der Waals surface area (Å²) in [6.07, 6.45) is 3.86. The van der Waals surface area contributed by atoms with Crippen molar-refractivity contribution in [2.24, 2.45) is 5.92 Å². The molecule has 1 saturated carbocycles. The maximum absolute atomic E-state index is 12.6. The van der Waals surface area contributed by atoms with E-state index in [-0.39, 0.29) is 30.4 Å². The van der Waals surface area contributed by atoms with Crippen molar-refractivity contribution >= 4 is 23.5 Å². The number of benzene rings is 1. The lowest BCUT2D eigenvalue weighted by atomic mass is 9.98. The topological polar surface area (TPSA) is 75.7 Å². The molecule has 1 fully saturated rings. The standard InChI is InChI=1S/C20H28N2O4/c1-14(2)22(17-11-5-4-6-12-17)18(24)13-26-20(25)19(21-15(3)23)16-9-7-8-10-16/h4-6,11-12,14,16,19H,7-10,13H2,1-3H3,(H,21,23). The molecule has 26 heavy (non-hydrogen) atoms. The lowest BCUT2D eigenvalue weighted by Crippen LogP contribution is -2.47. The van der Waals surface area contributed by atoms with Crippen LogP contribution in [0.3, 0.4) is 0 Å². The monoisotopic (exact) mass is 360 g/mol. The number of hydrogen-bond acceptors (Lipinski definition) is 4. The number of anilines is 1. The lowest BCUT2D eigenvalue weighted by Gasteiger charge is -2.27. The van der Waals surface area contributed by atoms with E-state index in [9.17, 15) is 14.4 Å². The van der Waals surface area contributed by atoms with Crippen molar-refractivity contribution in [3.05, 3.63) is 30.3 Å². The number of esters is 1. The molecule has 1 aliphatic rings. The molecule has 0 aromatic heterocycles. The van der Waals surface area contributed by atoms with E-state index in [0.717, 1.165) is 31.4 Å². The van der Waals surface area contributed by atoms with E-state index >= 15 is 0 Å². The van der Waals surface area contributed by atoms with Gasteiger partial charge in [0.1, 0.15) is 6.04 Å². The van der Waals surface area contributed by atoms with Gasteiger partial charge in [-0.25, -0.2) is 4.79 Å². The van der Waals surface area contributed by atoms with Gasteiger partial charge in [0.05, 0.1) is 0 Å². The first kappa shape index (κ1) is 19.9.